The van der Waals surface area contributed by atoms with Crippen LogP contribution in [0.15, 0.2) is 72.8 Å². The number of aryl methyl sites for hydroxylation is 1. The number of nitro benzene ring substituents is 1. The maximum Gasteiger partial charge on any atom is 0.278 e. The van der Waals surface area contributed by atoms with Crippen molar-refractivity contribution in [3.63, 3.8) is 0 Å². The lowest BCUT2D eigenvalue weighted by molar-refractivity contribution is -0.383. The number of hydrogen-bond acceptors (Lipinski definition) is 8. The summed E-state index contributed by atoms with van der Waals surface area (Å²) in [4.78, 5) is 24.1. The molecule has 0 spiro atoms. The van der Waals surface area contributed by atoms with E-state index in [9.17, 15) is 10.1 Å². The number of nitrogens with zero attached hydrogens (tertiary/aromatic N) is 5. The number of nitro groups is 1. The molecule has 0 amide bonds. The van der Waals surface area contributed by atoms with Crippen LogP contribution in [-0.2, 0) is 24.2 Å². The van der Waals surface area contributed by atoms with Gasteiger partial charge in [-0.15, -0.1) is 0 Å². The van der Waals surface area contributed by atoms with E-state index in [4.69, 9.17) is 24.2 Å². The Balaban J connectivity index is 1.57. The van der Waals surface area contributed by atoms with E-state index in [1.165, 1.54) is 6.07 Å². The number of anilines is 1. The third-order valence-corrected chi connectivity index (χ3v) is 8.26. The molecule has 0 fully saturated rings. The standard InChI is InChI=1S/C34H35N5O5/c1-22-18-27-28(13-9-14-29(27)39(40)41)38(22)34-35-32-26(12-8-15-30(32)43-3)33(36-34)37(20-23-10-6-5-7-11-23)21-24-16-17-25(42-2)19-31(24)44-4/h5-7,9-11,13-14,16-19,30H,8,12,15,20-21H2,1-4H3/t30-/m0/s1. The minimum Gasteiger partial charge on any atom is -0.497 e. The molecule has 6 rings (SSSR count). The van der Waals surface area contributed by atoms with Crippen molar-refractivity contribution in [3.05, 3.63) is 111 Å². The molecule has 10 nitrogen and oxygen atoms in total. The highest BCUT2D eigenvalue weighted by Crippen LogP contribution is 2.39. The van der Waals surface area contributed by atoms with Gasteiger partial charge in [-0.25, -0.2) is 4.98 Å². The molecule has 5 aromatic rings. The molecule has 0 N–H and O–H groups in total. The minimum atomic E-state index is -0.351. The van der Waals surface area contributed by atoms with Crippen LogP contribution in [0.1, 0.15) is 47.0 Å². The molecule has 2 heterocycles. The van der Waals surface area contributed by atoms with Crippen molar-refractivity contribution >= 4 is 22.4 Å². The molecule has 0 aliphatic heterocycles. The zero-order chi connectivity index (χ0) is 30.8. The van der Waals surface area contributed by atoms with Crippen LogP contribution in [0.2, 0.25) is 0 Å². The van der Waals surface area contributed by atoms with Crippen LogP contribution >= 0.6 is 0 Å². The molecule has 0 saturated carbocycles. The fraction of sp³-hybridized carbons (Fsp3) is 0.294. The van der Waals surface area contributed by atoms with E-state index in [1.807, 2.05) is 60.0 Å². The summed E-state index contributed by atoms with van der Waals surface area (Å²) in [7, 11) is 5.01. The van der Waals surface area contributed by atoms with E-state index >= 15 is 0 Å². The normalized spacial score (nSPS) is 14.3. The first-order valence-corrected chi connectivity index (χ1v) is 14.6. The van der Waals surface area contributed by atoms with Crippen molar-refractivity contribution < 1.29 is 19.1 Å². The lowest BCUT2D eigenvalue weighted by Gasteiger charge is -2.32. The number of aromatic nitrogens is 3. The third-order valence-electron chi connectivity index (χ3n) is 8.26. The fourth-order valence-corrected chi connectivity index (χ4v) is 6.14. The van der Waals surface area contributed by atoms with Gasteiger partial charge < -0.3 is 19.1 Å². The van der Waals surface area contributed by atoms with Crippen LogP contribution in [0.4, 0.5) is 11.5 Å². The Hall–Kier alpha value is -4.96. The number of benzene rings is 3. The molecule has 0 radical (unpaired) electrons. The first-order chi connectivity index (χ1) is 21.4. The zero-order valence-corrected chi connectivity index (χ0v) is 25.3. The van der Waals surface area contributed by atoms with Gasteiger partial charge in [-0.05, 0) is 56.0 Å². The Kier molecular flexibility index (Phi) is 8.17. The topological polar surface area (TPSA) is 105 Å². The van der Waals surface area contributed by atoms with Gasteiger partial charge in [-0.3, -0.25) is 14.7 Å². The van der Waals surface area contributed by atoms with Crippen LogP contribution in [-0.4, -0.2) is 40.8 Å². The molecular formula is C34H35N5O5. The molecule has 0 saturated heterocycles. The lowest BCUT2D eigenvalue weighted by Crippen LogP contribution is -2.28. The van der Waals surface area contributed by atoms with Gasteiger partial charge in [0, 0.05) is 49.2 Å². The average molecular weight is 594 g/mol. The lowest BCUT2D eigenvalue weighted by atomic mass is 9.93. The van der Waals surface area contributed by atoms with Crippen molar-refractivity contribution in [3.8, 4) is 17.4 Å². The van der Waals surface area contributed by atoms with E-state index in [2.05, 4.69) is 17.0 Å². The Morgan fingerprint density at radius 1 is 0.977 bits per heavy atom. The zero-order valence-electron chi connectivity index (χ0n) is 25.3. The van der Waals surface area contributed by atoms with Crippen LogP contribution in [0.5, 0.6) is 11.5 Å². The van der Waals surface area contributed by atoms with Gasteiger partial charge in [0.15, 0.2) is 0 Å². The quantitative estimate of drug-likeness (QED) is 0.127. The predicted molar refractivity (Wildman–Crippen MR) is 169 cm³/mol. The molecule has 1 aliphatic rings. The Labute approximate surface area is 256 Å². The molecule has 226 valence electrons. The monoisotopic (exact) mass is 593 g/mol. The predicted octanol–water partition coefficient (Wildman–Crippen LogP) is 6.88. The Bertz CT molecular complexity index is 1820. The van der Waals surface area contributed by atoms with Crippen LogP contribution in [0.3, 0.4) is 0 Å². The molecular weight excluding hydrogens is 558 g/mol. The summed E-state index contributed by atoms with van der Waals surface area (Å²) in [5, 5.41) is 12.4. The van der Waals surface area contributed by atoms with Gasteiger partial charge in [0.25, 0.3) is 5.69 Å². The highest BCUT2D eigenvalue weighted by atomic mass is 16.6. The van der Waals surface area contributed by atoms with Gasteiger partial charge in [0.2, 0.25) is 5.95 Å². The summed E-state index contributed by atoms with van der Waals surface area (Å²) < 4.78 is 19.1. The summed E-state index contributed by atoms with van der Waals surface area (Å²) >= 11 is 0. The second kappa shape index (κ2) is 12.3. The number of ether oxygens (including phenoxy) is 3. The molecule has 0 bridgehead atoms. The molecule has 1 aliphatic carbocycles. The molecule has 44 heavy (non-hydrogen) atoms. The molecule has 1 atom stereocenters. The number of rotatable bonds is 10. The third kappa shape index (κ3) is 5.44. The minimum absolute atomic E-state index is 0.0506. The van der Waals surface area contributed by atoms with Gasteiger partial charge in [-0.2, -0.15) is 4.98 Å². The first-order valence-electron chi connectivity index (χ1n) is 14.6. The van der Waals surface area contributed by atoms with Crippen LogP contribution < -0.4 is 14.4 Å². The van der Waals surface area contributed by atoms with Crippen molar-refractivity contribution in [2.24, 2.45) is 0 Å². The SMILES string of the molecule is COc1ccc(CN(Cc2ccccc2)c2nc(-n3c(C)cc4c([N+](=O)[O-])cccc43)nc3c2CCC[C@@H]3OC)c(OC)c1. The van der Waals surface area contributed by atoms with Crippen molar-refractivity contribution in [2.45, 2.75) is 45.4 Å². The summed E-state index contributed by atoms with van der Waals surface area (Å²) in [5.74, 6) is 2.70. The number of fused-ring (bicyclic) bond motifs is 2. The van der Waals surface area contributed by atoms with Gasteiger partial charge >= 0.3 is 0 Å². The maximum atomic E-state index is 11.9. The van der Waals surface area contributed by atoms with Gasteiger partial charge in [0.05, 0.1) is 41.8 Å². The summed E-state index contributed by atoms with van der Waals surface area (Å²) in [6.45, 7) is 3.02. The molecule has 2 aromatic heterocycles. The molecule has 0 unspecified atom stereocenters. The van der Waals surface area contributed by atoms with Crippen LogP contribution in [0.25, 0.3) is 16.9 Å². The van der Waals surface area contributed by atoms with Crippen molar-refractivity contribution in [2.75, 3.05) is 26.2 Å². The smallest absolute Gasteiger partial charge is 0.278 e. The van der Waals surface area contributed by atoms with Gasteiger partial charge in [-0.1, -0.05) is 36.4 Å². The van der Waals surface area contributed by atoms with Crippen LogP contribution in [0, 0.1) is 17.0 Å². The van der Waals surface area contributed by atoms with Crippen molar-refractivity contribution in [1.82, 2.24) is 14.5 Å². The van der Waals surface area contributed by atoms with E-state index < -0.39 is 0 Å². The summed E-state index contributed by atoms with van der Waals surface area (Å²) in [6, 6.07) is 23.0. The Morgan fingerprint density at radius 2 is 1.80 bits per heavy atom. The summed E-state index contributed by atoms with van der Waals surface area (Å²) in [5.41, 5.74) is 5.55. The Morgan fingerprint density at radius 3 is 2.52 bits per heavy atom. The van der Waals surface area contributed by atoms with E-state index in [1.54, 1.807) is 27.4 Å². The number of hydrogen-bond donors (Lipinski definition) is 0. The average Bonchev–Trinajstić information content (AvgIpc) is 3.39. The second-order valence-electron chi connectivity index (χ2n) is 10.9. The van der Waals surface area contributed by atoms with Crippen molar-refractivity contribution in [1.29, 1.82) is 0 Å². The maximum absolute atomic E-state index is 11.9. The highest BCUT2D eigenvalue weighted by molar-refractivity contribution is 5.91. The van der Waals surface area contributed by atoms with E-state index in [0.29, 0.717) is 35.7 Å². The van der Waals surface area contributed by atoms with Gasteiger partial charge in [0.1, 0.15) is 17.3 Å². The summed E-state index contributed by atoms with van der Waals surface area (Å²) in [6.07, 6.45) is 2.42. The molecule has 3 aromatic carbocycles. The first kappa shape index (κ1) is 29.1. The molecule has 10 heteroatoms. The van der Waals surface area contributed by atoms with E-state index in [-0.39, 0.29) is 16.7 Å². The van der Waals surface area contributed by atoms with E-state index in [0.717, 1.165) is 58.9 Å². The highest BCUT2D eigenvalue weighted by Gasteiger charge is 2.30. The largest absolute Gasteiger partial charge is 0.497 e. The fourth-order valence-electron chi connectivity index (χ4n) is 6.14. The number of non-ortho nitro benzene ring substituents is 1. The number of methoxy groups -OCH3 is 3. The second-order valence-corrected chi connectivity index (χ2v) is 10.9.